The van der Waals surface area contributed by atoms with Crippen LogP contribution in [0.4, 0.5) is 5.82 Å². The van der Waals surface area contributed by atoms with E-state index in [0.29, 0.717) is 12.4 Å². The van der Waals surface area contributed by atoms with Crippen molar-refractivity contribution in [1.82, 2.24) is 9.71 Å². The number of anilines is 1. The summed E-state index contributed by atoms with van der Waals surface area (Å²) in [5, 5.41) is 12.1. The lowest BCUT2D eigenvalue weighted by Gasteiger charge is -2.13. The third-order valence-corrected chi connectivity index (χ3v) is 5.39. The molecule has 0 radical (unpaired) electrons. The minimum absolute atomic E-state index is 0.00916. The average Bonchev–Trinajstić information content (AvgIpc) is 2.71. The number of carboxylic acid groups (broad SMARTS) is 1. The van der Waals surface area contributed by atoms with Crippen molar-refractivity contribution in [2.24, 2.45) is 0 Å². The zero-order chi connectivity index (χ0) is 21.8. The summed E-state index contributed by atoms with van der Waals surface area (Å²) in [5.74, 6) is 5.20. The number of rotatable bonds is 12. The first-order valence-corrected chi connectivity index (χ1v) is 10.9. The van der Waals surface area contributed by atoms with Gasteiger partial charge < -0.3 is 15.2 Å². The molecule has 0 saturated heterocycles. The van der Waals surface area contributed by atoms with Gasteiger partial charge in [-0.15, -0.1) is 5.92 Å². The number of ether oxygens (including phenoxy) is 1. The lowest BCUT2D eigenvalue weighted by atomic mass is 10.2. The number of aliphatic carboxylic acids is 1. The number of nitrogens with zero attached hydrogens (tertiary/aromatic N) is 1. The second-order valence-electron chi connectivity index (χ2n) is 6.34. The maximum Gasteiger partial charge on any atom is 0.305 e. The van der Waals surface area contributed by atoms with Gasteiger partial charge in [-0.2, -0.15) is 4.72 Å². The number of aromatic nitrogens is 1. The Morgan fingerprint density at radius 1 is 1.23 bits per heavy atom. The monoisotopic (exact) mass is 431 g/mol. The van der Waals surface area contributed by atoms with E-state index in [1.54, 1.807) is 18.3 Å². The molecule has 0 unspecified atom stereocenters. The summed E-state index contributed by atoms with van der Waals surface area (Å²) in [6.45, 7) is 2.70. The van der Waals surface area contributed by atoms with Gasteiger partial charge >= 0.3 is 5.97 Å². The van der Waals surface area contributed by atoms with Crippen molar-refractivity contribution in [3.05, 3.63) is 48.7 Å². The molecule has 160 valence electrons. The second kappa shape index (κ2) is 11.8. The Kier molecular flexibility index (Phi) is 9.12. The van der Waals surface area contributed by atoms with Crippen molar-refractivity contribution in [2.45, 2.75) is 37.1 Å². The first kappa shape index (κ1) is 23.2. The van der Waals surface area contributed by atoms with Gasteiger partial charge in [0.15, 0.2) is 0 Å². The van der Waals surface area contributed by atoms with Crippen molar-refractivity contribution in [1.29, 1.82) is 0 Å². The number of carboxylic acids is 1. The summed E-state index contributed by atoms with van der Waals surface area (Å²) in [4.78, 5) is 15.1. The number of unbranched alkanes of at least 4 members (excludes halogenated alkanes) is 1. The molecule has 0 aliphatic carbocycles. The quantitative estimate of drug-likeness (QED) is 0.349. The van der Waals surface area contributed by atoms with Crippen LogP contribution in [0.3, 0.4) is 0 Å². The Labute approximate surface area is 176 Å². The largest absolute Gasteiger partial charge is 0.494 e. The van der Waals surface area contributed by atoms with Crippen LogP contribution in [0.2, 0.25) is 0 Å². The second-order valence-corrected chi connectivity index (χ2v) is 8.05. The van der Waals surface area contributed by atoms with Gasteiger partial charge in [-0.3, -0.25) is 4.79 Å². The first-order chi connectivity index (χ1) is 14.4. The van der Waals surface area contributed by atoms with Gasteiger partial charge in [0.05, 0.1) is 24.0 Å². The molecule has 9 heteroatoms. The number of benzene rings is 1. The molecule has 0 spiro atoms. The van der Waals surface area contributed by atoms with Crippen LogP contribution in [0.5, 0.6) is 5.75 Å². The number of hydrogen-bond acceptors (Lipinski definition) is 6. The van der Waals surface area contributed by atoms with Crippen molar-refractivity contribution in [3.63, 3.8) is 0 Å². The van der Waals surface area contributed by atoms with Gasteiger partial charge in [-0.1, -0.05) is 18.1 Å². The number of nitrogens with one attached hydrogen (secondary N) is 2. The number of hydrogen-bond donors (Lipinski definition) is 3. The first-order valence-electron chi connectivity index (χ1n) is 9.45. The van der Waals surface area contributed by atoms with Gasteiger partial charge in [0.25, 0.3) is 0 Å². The fraction of sp³-hybridized carbons (Fsp3) is 0.333. The van der Waals surface area contributed by atoms with E-state index in [0.717, 1.165) is 25.2 Å². The molecule has 0 saturated carbocycles. The Balaban J connectivity index is 1.85. The lowest BCUT2D eigenvalue weighted by molar-refractivity contribution is -0.137. The molecular formula is C21H25N3O5S. The normalized spacial score (nSPS) is 11.8. The van der Waals surface area contributed by atoms with E-state index in [9.17, 15) is 13.2 Å². The fourth-order valence-corrected chi connectivity index (χ4v) is 3.74. The number of sulfonamides is 1. The van der Waals surface area contributed by atoms with Crippen LogP contribution in [0.15, 0.2) is 53.6 Å². The molecule has 0 amide bonds. The fourth-order valence-electron chi connectivity index (χ4n) is 2.56. The maximum absolute atomic E-state index is 12.6. The minimum Gasteiger partial charge on any atom is -0.494 e. The zero-order valence-electron chi connectivity index (χ0n) is 16.7. The molecule has 3 N–H and O–H groups in total. The Morgan fingerprint density at radius 3 is 2.77 bits per heavy atom. The molecular weight excluding hydrogens is 406 g/mol. The van der Waals surface area contributed by atoms with Crippen molar-refractivity contribution in [3.8, 4) is 17.6 Å². The average molecular weight is 432 g/mol. The predicted molar refractivity (Wildman–Crippen MR) is 114 cm³/mol. The topological polar surface area (TPSA) is 118 Å². The van der Waals surface area contributed by atoms with Gasteiger partial charge in [-0.25, -0.2) is 13.4 Å². The van der Waals surface area contributed by atoms with Gasteiger partial charge in [-0.05, 0) is 44.0 Å². The molecule has 2 aromatic rings. The lowest BCUT2D eigenvalue weighted by Crippen LogP contribution is -2.35. The summed E-state index contributed by atoms with van der Waals surface area (Å²) >= 11 is 0. The van der Waals surface area contributed by atoms with E-state index >= 15 is 0 Å². The highest BCUT2D eigenvalue weighted by Gasteiger charge is 2.21. The van der Waals surface area contributed by atoms with Crippen LogP contribution in [0.25, 0.3) is 0 Å². The van der Waals surface area contributed by atoms with E-state index in [1.165, 1.54) is 19.1 Å². The molecule has 1 atom stereocenters. The van der Waals surface area contributed by atoms with E-state index < -0.39 is 28.5 Å². The molecule has 1 heterocycles. The highest BCUT2D eigenvalue weighted by Crippen LogP contribution is 2.18. The van der Waals surface area contributed by atoms with Crippen LogP contribution in [0, 0.1) is 11.8 Å². The number of carbonyl (C=O) groups is 1. The Bertz CT molecular complexity index is 984. The molecule has 0 fully saturated rings. The van der Waals surface area contributed by atoms with E-state index in [2.05, 4.69) is 26.9 Å². The number of pyridine rings is 1. The third kappa shape index (κ3) is 8.11. The SMILES string of the molecule is CC#C[C@H](CC(=O)O)NS(=O)(=O)c1cccc(OCCCCNc2ccccn2)c1. The summed E-state index contributed by atoms with van der Waals surface area (Å²) in [6.07, 6.45) is 2.94. The standard InChI is InChI=1S/C21H25N3O5S/c1-2-8-17(15-21(25)26)24-30(27,28)19-10-7-9-18(16-19)29-14-6-5-13-23-20-11-3-4-12-22-20/h3-4,7,9-12,16-17,24H,5-6,13-15H2,1H3,(H,22,23)(H,25,26)/t17-/m1/s1. The highest BCUT2D eigenvalue weighted by molar-refractivity contribution is 7.89. The molecule has 2 rings (SSSR count). The van der Waals surface area contributed by atoms with Gasteiger partial charge in [0.1, 0.15) is 11.6 Å². The smallest absolute Gasteiger partial charge is 0.305 e. The summed E-state index contributed by atoms with van der Waals surface area (Å²) in [7, 11) is -3.93. The molecule has 0 bridgehead atoms. The molecule has 1 aromatic heterocycles. The molecule has 8 nitrogen and oxygen atoms in total. The van der Waals surface area contributed by atoms with Crippen LogP contribution >= 0.6 is 0 Å². The Hall–Kier alpha value is -3.09. The summed E-state index contributed by atoms with van der Waals surface area (Å²) in [5.41, 5.74) is 0. The van der Waals surface area contributed by atoms with Crippen molar-refractivity contribution < 1.29 is 23.1 Å². The third-order valence-electron chi connectivity index (χ3n) is 3.92. The van der Waals surface area contributed by atoms with E-state index in [1.807, 2.05) is 18.2 Å². The minimum atomic E-state index is -3.93. The molecule has 30 heavy (non-hydrogen) atoms. The molecule has 1 aromatic carbocycles. The highest BCUT2D eigenvalue weighted by atomic mass is 32.2. The van der Waals surface area contributed by atoms with Crippen molar-refractivity contribution >= 4 is 21.8 Å². The van der Waals surface area contributed by atoms with Crippen molar-refractivity contribution in [2.75, 3.05) is 18.5 Å². The van der Waals surface area contributed by atoms with Crippen LogP contribution in [0.1, 0.15) is 26.2 Å². The van der Waals surface area contributed by atoms with Crippen LogP contribution in [-0.2, 0) is 14.8 Å². The molecule has 0 aliphatic rings. The van der Waals surface area contributed by atoms with Gasteiger partial charge in [0, 0.05) is 18.8 Å². The summed E-state index contributed by atoms with van der Waals surface area (Å²) < 4.78 is 33.1. The van der Waals surface area contributed by atoms with Crippen LogP contribution < -0.4 is 14.8 Å². The van der Waals surface area contributed by atoms with E-state index in [-0.39, 0.29) is 4.90 Å². The summed E-state index contributed by atoms with van der Waals surface area (Å²) in [6, 6.07) is 10.7. The van der Waals surface area contributed by atoms with Gasteiger partial charge in [0.2, 0.25) is 10.0 Å². The maximum atomic E-state index is 12.6. The zero-order valence-corrected chi connectivity index (χ0v) is 17.5. The molecule has 0 aliphatic heterocycles. The van der Waals surface area contributed by atoms with Crippen LogP contribution in [-0.4, -0.2) is 43.7 Å². The predicted octanol–water partition coefficient (Wildman–Crippen LogP) is 2.50. The Morgan fingerprint density at radius 2 is 2.07 bits per heavy atom. The van der Waals surface area contributed by atoms with E-state index in [4.69, 9.17) is 9.84 Å².